The molecule has 0 aliphatic rings. The van der Waals surface area contributed by atoms with E-state index in [-0.39, 0.29) is 53.4 Å². The van der Waals surface area contributed by atoms with Crippen LogP contribution in [-0.4, -0.2) is 5.48 Å². The second-order valence-corrected chi connectivity index (χ2v) is 8.63. The van der Waals surface area contributed by atoms with Gasteiger partial charge >= 0.3 is 0 Å². The lowest BCUT2D eigenvalue weighted by Gasteiger charge is -2.06. The van der Waals surface area contributed by atoms with Crippen LogP contribution in [0, 0.1) is 37.5 Å². The van der Waals surface area contributed by atoms with Crippen LogP contribution in [0.15, 0.2) is 60.7 Å². The molecule has 0 saturated carbocycles. The largest absolute Gasteiger partial charge is 1.00 e. The van der Waals surface area contributed by atoms with Gasteiger partial charge in [0.15, 0.2) is 11.4 Å². The van der Waals surface area contributed by atoms with E-state index in [1.165, 1.54) is 22.4 Å². The molecule has 37 heavy (non-hydrogen) atoms. The van der Waals surface area contributed by atoms with Crippen molar-refractivity contribution in [1.82, 2.24) is 0 Å². The maximum atomic E-state index is 6.18. The molecule has 4 rings (SSSR count). The van der Waals surface area contributed by atoms with Crippen LogP contribution < -0.4 is 68.6 Å². The second kappa shape index (κ2) is 15.6. The van der Waals surface area contributed by atoms with Gasteiger partial charge in [0.1, 0.15) is 13.1 Å². The quantitative estimate of drug-likeness (QED) is 0.103. The summed E-state index contributed by atoms with van der Waals surface area (Å²) in [6, 6.07) is 20.7. The highest BCUT2D eigenvalue weighted by molar-refractivity contribution is 5.88. The van der Waals surface area contributed by atoms with Gasteiger partial charge in [0.2, 0.25) is 11.0 Å². The summed E-state index contributed by atoms with van der Waals surface area (Å²) in [5, 5.41) is 2.20. The Balaban J connectivity index is 0.00000228. The number of aromatic nitrogens is 2. The van der Waals surface area contributed by atoms with Gasteiger partial charge in [0.25, 0.3) is 0 Å². The minimum absolute atomic E-state index is 0. The summed E-state index contributed by atoms with van der Waals surface area (Å²) >= 11 is 0. The third-order valence-electron chi connectivity index (χ3n) is 6.20. The predicted octanol–water partition coefficient (Wildman–Crippen LogP) is -2.20. The van der Waals surface area contributed by atoms with Crippen molar-refractivity contribution < 1.29 is 62.6 Å². The Hall–Kier alpha value is -2.60. The van der Waals surface area contributed by atoms with Gasteiger partial charge in [-0.1, -0.05) is 36.1 Å². The average Bonchev–Trinajstić information content (AvgIpc) is 2.83. The van der Waals surface area contributed by atoms with Crippen molar-refractivity contribution >= 4 is 33.2 Å². The predicted molar refractivity (Wildman–Crippen MR) is 144 cm³/mol. The Morgan fingerprint density at radius 3 is 1.43 bits per heavy atom. The first kappa shape index (κ1) is 32.4. The maximum absolute atomic E-state index is 6.18. The van der Waals surface area contributed by atoms with E-state index in [1.807, 2.05) is 24.3 Å². The Morgan fingerprint density at radius 1 is 0.649 bits per heavy atom. The third-order valence-corrected chi connectivity index (χ3v) is 6.20. The summed E-state index contributed by atoms with van der Waals surface area (Å²) in [7, 11) is 0. The molecule has 0 radical (unpaired) electrons. The fourth-order valence-electron chi connectivity index (χ4n) is 4.51. The molecule has 0 unspecified atom stereocenters. The van der Waals surface area contributed by atoms with E-state index in [4.69, 9.17) is 11.5 Å². The van der Waals surface area contributed by atoms with Crippen LogP contribution in [0.1, 0.15) is 37.1 Å². The van der Waals surface area contributed by atoms with E-state index in [9.17, 15) is 0 Å². The summed E-state index contributed by atoms with van der Waals surface area (Å²) in [6.07, 6.45) is 3.61. The summed E-state index contributed by atoms with van der Waals surface area (Å²) < 4.78 is 4.64. The maximum Gasteiger partial charge on any atom is 0.214 e. The molecule has 4 aromatic rings. The average molecular weight is 720 g/mol. The normalized spacial score (nSPS) is 9.68. The molecule has 2 aromatic heterocycles. The molecule has 0 amide bonds. The van der Waals surface area contributed by atoms with Gasteiger partial charge in [-0.05, 0) is 24.0 Å². The summed E-state index contributed by atoms with van der Waals surface area (Å²) in [6.45, 7) is 6.04. The first-order chi connectivity index (χ1) is 16.6. The molecule has 2 aromatic carbocycles. The highest BCUT2D eigenvalue weighted by Gasteiger charge is 2.15. The molecule has 0 atom stereocenters. The molecule has 7 heteroatoms. The van der Waals surface area contributed by atoms with Crippen molar-refractivity contribution in [2.75, 3.05) is 11.5 Å². The van der Waals surface area contributed by atoms with Crippen LogP contribution in [0.25, 0.3) is 21.8 Å². The van der Waals surface area contributed by atoms with E-state index in [0.717, 1.165) is 60.9 Å². The summed E-state index contributed by atoms with van der Waals surface area (Å²) in [5.41, 5.74) is 18.7. The van der Waals surface area contributed by atoms with Crippen LogP contribution in [0.5, 0.6) is 0 Å². The van der Waals surface area contributed by atoms with Gasteiger partial charge < -0.3 is 64.9 Å². The standard InChI is InChI=1S/C30H30N4.2HI.H2O/c1-23-21-27(31)25-15-9-11-17-29(25)33(23)19-13-7-5-3-4-6-8-14-20-34-24(2)22-28(32)26-16-10-12-18-30(26)34;;;/h9-12,15-18,21-22,31-32H,7-8,13-14,19-20H2,1-2H3;2*1H;1H2. The van der Waals surface area contributed by atoms with Gasteiger partial charge in [-0.3, -0.25) is 0 Å². The highest BCUT2D eigenvalue weighted by atomic mass is 127. The summed E-state index contributed by atoms with van der Waals surface area (Å²) in [5.74, 6) is 12.4. The van der Waals surface area contributed by atoms with Gasteiger partial charge in [0.05, 0.1) is 22.1 Å². The molecule has 194 valence electrons. The van der Waals surface area contributed by atoms with Crippen molar-refractivity contribution in [3.8, 4) is 23.7 Å². The van der Waals surface area contributed by atoms with E-state index < -0.39 is 0 Å². The Bertz CT molecular complexity index is 1370. The lowest BCUT2D eigenvalue weighted by Crippen LogP contribution is -3.00. The number of fused-ring (bicyclic) bond motifs is 2. The Labute approximate surface area is 254 Å². The van der Waals surface area contributed by atoms with Crippen molar-refractivity contribution in [2.24, 2.45) is 0 Å². The number of unbranched alkanes of at least 4 members (excludes halogenated alkanes) is 2. The Morgan fingerprint density at radius 2 is 1.03 bits per heavy atom. The number of nitrogens with zero attached hydrogens (tertiary/aromatic N) is 2. The van der Waals surface area contributed by atoms with Crippen LogP contribution in [0.3, 0.4) is 0 Å². The van der Waals surface area contributed by atoms with Crippen LogP contribution in [-0.2, 0) is 13.1 Å². The summed E-state index contributed by atoms with van der Waals surface area (Å²) in [4.78, 5) is 0. The zero-order valence-corrected chi connectivity index (χ0v) is 25.6. The zero-order chi connectivity index (χ0) is 23.9. The van der Waals surface area contributed by atoms with Crippen molar-refractivity contribution in [2.45, 2.75) is 52.6 Å². The molecule has 5 nitrogen and oxygen atoms in total. The van der Waals surface area contributed by atoms with Crippen LogP contribution in [0.2, 0.25) is 0 Å². The van der Waals surface area contributed by atoms with Crippen LogP contribution >= 0.6 is 0 Å². The number of anilines is 2. The molecule has 0 spiro atoms. The zero-order valence-electron chi connectivity index (χ0n) is 21.3. The number of aryl methyl sites for hydroxylation is 4. The monoisotopic (exact) mass is 720 g/mol. The Kier molecular flexibility index (Phi) is 13.7. The fraction of sp³-hybridized carbons (Fsp3) is 0.267. The SMILES string of the molecule is Cc1cc(N)c2ccccc2[n+]1CCCC#CC#CCCC[n+]1c(C)cc(N)c2ccccc21.O.[I-].[I-]. The molecule has 0 aliphatic heterocycles. The number of rotatable bonds is 6. The molecular weight excluding hydrogens is 686 g/mol. The number of hydrogen-bond donors (Lipinski definition) is 2. The number of nitrogens with two attached hydrogens (primary N) is 2. The smallest absolute Gasteiger partial charge is 0.214 e. The number of nitrogen functional groups attached to an aromatic ring is 2. The van der Waals surface area contributed by atoms with E-state index in [0.29, 0.717) is 0 Å². The lowest BCUT2D eigenvalue weighted by molar-refractivity contribution is -0.677. The number of halogens is 2. The number of pyridine rings is 2. The molecule has 0 fully saturated rings. The minimum atomic E-state index is 0. The first-order valence-electron chi connectivity index (χ1n) is 11.9. The number of benzene rings is 2. The molecule has 0 bridgehead atoms. The van der Waals surface area contributed by atoms with Gasteiger partial charge in [-0.15, -0.1) is 0 Å². The van der Waals surface area contributed by atoms with E-state index in [1.54, 1.807) is 0 Å². The van der Waals surface area contributed by atoms with Gasteiger partial charge in [-0.25, -0.2) is 0 Å². The topological polar surface area (TPSA) is 91.3 Å². The van der Waals surface area contributed by atoms with Gasteiger partial charge in [0, 0.05) is 63.8 Å². The number of para-hydroxylation sites is 2. The van der Waals surface area contributed by atoms with Crippen molar-refractivity contribution in [3.63, 3.8) is 0 Å². The van der Waals surface area contributed by atoms with E-state index in [2.05, 4.69) is 83.1 Å². The molecular formula is C30H34I2N4O. The van der Waals surface area contributed by atoms with Crippen molar-refractivity contribution in [3.05, 3.63) is 72.1 Å². The molecule has 2 heterocycles. The van der Waals surface area contributed by atoms with E-state index >= 15 is 0 Å². The van der Waals surface area contributed by atoms with Crippen LogP contribution in [0.4, 0.5) is 11.4 Å². The minimum Gasteiger partial charge on any atom is -1.00 e. The van der Waals surface area contributed by atoms with Crippen molar-refractivity contribution in [1.29, 1.82) is 0 Å². The first-order valence-corrected chi connectivity index (χ1v) is 11.9. The molecule has 6 N–H and O–H groups in total. The third kappa shape index (κ3) is 7.94. The number of hydrogen-bond acceptors (Lipinski definition) is 2. The van der Waals surface area contributed by atoms with Gasteiger partial charge in [-0.2, -0.15) is 9.13 Å². The fourth-order valence-corrected chi connectivity index (χ4v) is 4.51. The lowest BCUT2D eigenvalue weighted by atomic mass is 10.1. The second-order valence-electron chi connectivity index (χ2n) is 8.63. The molecule has 0 aliphatic carbocycles. The highest BCUT2D eigenvalue weighted by Crippen LogP contribution is 2.19. The molecule has 0 saturated heterocycles.